The Balaban J connectivity index is 0. The molecule has 2 unspecified atom stereocenters. The summed E-state index contributed by atoms with van der Waals surface area (Å²) in [6.45, 7) is 3.81. The van der Waals surface area contributed by atoms with E-state index in [0.29, 0.717) is 18.4 Å². The number of halogens is 6. The second-order valence-electron chi connectivity index (χ2n) is 7.60. The second kappa shape index (κ2) is 16.9. The quantitative estimate of drug-likeness (QED) is 0.230. The molecular formula is C22H34F6NO6P. The van der Waals surface area contributed by atoms with Crippen LogP contribution in [0.15, 0.2) is 47.6 Å². The van der Waals surface area contributed by atoms with Gasteiger partial charge in [0.1, 0.15) is 0 Å². The molecule has 2 atom stereocenters. The van der Waals surface area contributed by atoms with Gasteiger partial charge in [0.2, 0.25) is 0 Å². The zero-order valence-corrected chi connectivity index (χ0v) is 21.0. The van der Waals surface area contributed by atoms with Crippen LogP contribution in [0, 0.1) is 0 Å². The molecule has 0 aromatic heterocycles. The highest BCUT2D eigenvalue weighted by Crippen LogP contribution is 2.34. The number of phosphoric acid groups is 1. The number of aliphatic hydroxyl groups is 2. The van der Waals surface area contributed by atoms with Crippen LogP contribution in [0.1, 0.15) is 50.7 Å². The Hall–Kier alpha value is -1.73. The van der Waals surface area contributed by atoms with Crippen molar-refractivity contribution in [3.63, 3.8) is 0 Å². The van der Waals surface area contributed by atoms with Gasteiger partial charge in [0.25, 0.3) is 0 Å². The van der Waals surface area contributed by atoms with Gasteiger partial charge in [-0.25, -0.2) is 4.57 Å². The Labute approximate surface area is 206 Å². The number of nitrogens with two attached hydrogens (primary N) is 1. The molecule has 0 aliphatic heterocycles. The van der Waals surface area contributed by atoms with Crippen molar-refractivity contribution in [3.8, 4) is 0 Å². The fourth-order valence-corrected chi connectivity index (χ4v) is 2.73. The number of hydrogen-bond acceptors (Lipinski definition) is 4. The van der Waals surface area contributed by atoms with Crippen LogP contribution in [0.3, 0.4) is 0 Å². The average Bonchev–Trinajstić information content (AvgIpc) is 2.73. The summed E-state index contributed by atoms with van der Waals surface area (Å²) in [6, 6.07) is 5.30. The van der Waals surface area contributed by atoms with E-state index in [1.54, 1.807) is 6.08 Å². The number of aryl methyl sites for hydroxylation is 1. The molecule has 0 spiro atoms. The molecule has 0 bridgehead atoms. The molecule has 14 heteroatoms. The molecule has 7 N–H and O–H groups in total. The normalized spacial score (nSPS) is 16.6. The van der Waals surface area contributed by atoms with E-state index in [9.17, 15) is 31.4 Å². The molecule has 0 radical (unpaired) electrons. The highest BCUT2D eigenvalue weighted by Gasteiger charge is 2.38. The van der Waals surface area contributed by atoms with Crippen LogP contribution in [-0.4, -0.2) is 50.3 Å². The zero-order valence-electron chi connectivity index (χ0n) is 20.1. The summed E-state index contributed by atoms with van der Waals surface area (Å²) in [4.78, 5) is 21.6. The van der Waals surface area contributed by atoms with Gasteiger partial charge in [-0.1, -0.05) is 37.1 Å². The summed E-state index contributed by atoms with van der Waals surface area (Å²) in [5, 5.41) is 16.2. The van der Waals surface area contributed by atoms with Crippen molar-refractivity contribution >= 4 is 7.82 Å². The molecule has 36 heavy (non-hydrogen) atoms. The molecule has 7 nitrogen and oxygen atoms in total. The van der Waals surface area contributed by atoms with Crippen molar-refractivity contribution < 1.29 is 55.8 Å². The lowest BCUT2D eigenvalue weighted by molar-refractivity contribution is -0.137. The lowest BCUT2D eigenvalue weighted by Crippen LogP contribution is -2.26. The van der Waals surface area contributed by atoms with Gasteiger partial charge in [0, 0.05) is 13.2 Å². The highest BCUT2D eigenvalue weighted by molar-refractivity contribution is 7.45. The van der Waals surface area contributed by atoms with Crippen molar-refractivity contribution in [1.29, 1.82) is 0 Å². The van der Waals surface area contributed by atoms with E-state index >= 15 is 0 Å². The molecule has 0 amide bonds. The number of aliphatic hydroxyl groups excluding tert-OH is 2. The molecule has 1 aliphatic carbocycles. The molecule has 0 heterocycles. The van der Waals surface area contributed by atoms with Crippen molar-refractivity contribution in [3.05, 3.63) is 58.7 Å². The van der Waals surface area contributed by atoms with Crippen LogP contribution in [-0.2, 0) is 17.2 Å². The van der Waals surface area contributed by atoms with Gasteiger partial charge in [-0.3, -0.25) is 0 Å². The van der Waals surface area contributed by atoms with Gasteiger partial charge in [-0.15, -0.1) is 0 Å². The lowest BCUT2D eigenvalue weighted by Gasteiger charge is -2.21. The van der Waals surface area contributed by atoms with E-state index in [-0.39, 0.29) is 12.5 Å². The molecule has 0 saturated heterocycles. The van der Waals surface area contributed by atoms with E-state index in [4.69, 9.17) is 30.1 Å². The van der Waals surface area contributed by atoms with E-state index in [1.165, 1.54) is 12.1 Å². The number of allylic oxidation sites excluding steroid dienone is 2. The number of alkyl halides is 6. The third-order valence-corrected chi connectivity index (χ3v) is 4.34. The third-order valence-electron chi connectivity index (χ3n) is 4.34. The van der Waals surface area contributed by atoms with Crippen molar-refractivity contribution in [2.45, 2.75) is 70.4 Å². The summed E-state index contributed by atoms with van der Waals surface area (Å²) < 4.78 is 82.6. The zero-order chi connectivity index (χ0) is 28.7. The first-order valence-corrected chi connectivity index (χ1v) is 12.2. The molecule has 1 aromatic carbocycles. The van der Waals surface area contributed by atoms with Crippen LogP contribution >= 0.6 is 7.82 Å². The first-order chi connectivity index (χ1) is 16.3. The minimum Gasteiger partial charge on any atom is -0.400 e. The molecule has 0 fully saturated rings. The number of rotatable bonds is 5. The monoisotopic (exact) mass is 553 g/mol. The predicted molar refractivity (Wildman–Crippen MR) is 124 cm³/mol. The Morgan fingerprint density at radius 2 is 1.47 bits per heavy atom. The van der Waals surface area contributed by atoms with Crippen LogP contribution < -0.4 is 5.73 Å². The minimum atomic E-state index is -4.64. The number of benzene rings is 1. The summed E-state index contributed by atoms with van der Waals surface area (Å²) in [6.07, 6.45) is -4.45. The van der Waals surface area contributed by atoms with E-state index in [0.717, 1.165) is 43.7 Å². The molecule has 1 aromatic rings. The maximum Gasteiger partial charge on any atom is 0.466 e. The van der Waals surface area contributed by atoms with E-state index < -0.39 is 37.4 Å². The first kappa shape index (κ1) is 36.4. The summed E-state index contributed by atoms with van der Waals surface area (Å²) >= 11 is 0. The standard InChI is InChI=1S/C11H16F3NO.C10H11F3.CH4O.H3O4P/c1-7(15)2-3-8-4-5-10(16)9(6-8)11(12,13)14;1-2-3-8-4-6-9(7-5-8)10(11,12)13;1-2;1-5(2,3)4/h4,6-7,10,16H,2-3,5,15H2,1H3;4-7H,2-3H2,1H3;2H,1H3;(H3,1,2,3,4). The third kappa shape index (κ3) is 18.5. The Kier molecular flexibility index (Phi) is 17.1. The molecular weight excluding hydrogens is 519 g/mol. The van der Waals surface area contributed by atoms with Crippen LogP contribution in [0.4, 0.5) is 26.3 Å². The van der Waals surface area contributed by atoms with Crippen LogP contribution in [0.25, 0.3) is 0 Å². The van der Waals surface area contributed by atoms with Crippen LogP contribution in [0.5, 0.6) is 0 Å². The summed E-state index contributed by atoms with van der Waals surface area (Å²) in [7, 11) is -3.64. The van der Waals surface area contributed by atoms with Gasteiger partial charge in [0.05, 0.1) is 17.2 Å². The fourth-order valence-electron chi connectivity index (χ4n) is 2.73. The predicted octanol–water partition coefficient (Wildman–Crippen LogP) is 4.63. The fraction of sp³-hybridized carbons (Fsp3) is 0.545. The first-order valence-electron chi connectivity index (χ1n) is 10.6. The molecule has 1 aliphatic rings. The van der Waals surface area contributed by atoms with Gasteiger partial charge in [-0.2, -0.15) is 26.3 Å². The maximum absolute atomic E-state index is 12.5. The van der Waals surface area contributed by atoms with Crippen LogP contribution in [0.2, 0.25) is 0 Å². The SMILES string of the molecule is CC(N)CCC1=CCC(O)C(C(F)(F)F)=C1.CCCc1ccc(C(F)(F)F)cc1.CO.O=P(O)(O)O. The highest BCUT2D eigenvalue weighted by atomic mass is 31.2. The molecule has 210 valence electrons. The lowest BCUT2D eigenvalue weighted by atomic mass is 9.93. The topological polar surface area (TPSA) is 144 Å². The molecule has 2 rings (SSSR count). The van der Waals surface area contributed by atoms with Gasteiger partial charge in [0.15, 0.2) is 0 Å². The average molecular weight is 553 g/mol. The Morgan fingerprint density at radius 1 is 1.00 bits per heavy atom. The Morgan fingerprint density at radius 3 is 1.83 bits per heavy atom. The van der Waals surface area contributed by atoms with Gasteiger partial charge in [-0.05, 0) is 56.4 Å². The summed E-state index contributed by atoms with van der Waals surface area (Å²) in [5.41, 5.74) is 5.67. The van der Waals surface area contributed by atoms with E-state index in [1.807, 2.05) is 13.8 Å². The smallest absolute Gasteiger partial charge is 0.400 e. The van der Waals surface area contributed by atoms with Gasteiger partial charge < -0.3 is 30.6 Å². The van der Waals surface area contributed by atoms with Crippen molar-refractivity contribution in [2.75, 3.05) is 7.11 Å². The van der Waals surface area contributed by atoms with Crippen molar-refractivity contribution in [2.24, 2.45) is 5.73 Å². The van der Waals surface area contributed by atoms with E-state index in [2.05, 4.69) is 0 Å². The van der Waals surface area contributed by atoms with Gasteiger partial charge >= 0.3 is 20.2 Å². The Bertz CT molecular complexity index is 840. The summed E-state index contributed by atoms with van der Waals surface area (Å²) in [5.74, 6) is 0. The largest absolute Gasteiger partial charge is 0.466 e. The van der Waals surface area contributed by atoms with Crippen molar-refractivity contribution in [1.82, 2.24) is 0 Å². The minimum absolute atomic E-state index is 0.0274. The maximum atomic E-state index is 12.5. The second-order valence-corrected chi connectivity index (χ2v) is 8.63. The molecule has 0 saturated carbocycles. The number of hydrogen-bond donors (Lipinski definition) is 6.